The maximum absolute atomic E-state index is 11.9. The second kappa shape index (κ2) is 6.05. The van der Waals surface area contributed by atoms with Crippen LogP contribution in [-0.2, 0) is 9.53 Å². The third kappa shape index (κ3) is 4.60. The van der Waals surface area contributed by atoms with Gasteiger partial charge in [0, 0.05) is 6.04 Å². The van der Waals surface area contributed by atoms with Crippen molar-refractivity contribution in [2.45, 2.75) is 78.5 Å². The summed E-state index contributed by atoms with van der Waals surface area (Å²) in [6.45, 7) is 12.2. The summed E-state index contributed by atoms with van der Waals surface area (Å²) < 4.78 is 5.40. The van der Waals surface area contributed by atoms with Crippen LogP contribution in [-0.4, -0.2) is 23.7 Å². The van der Waals surface area contributed by atoms with Crippen LogP contribution in [0.2, 0.25) is 0 Å². The predicted molar refractivity (Wildman–Crippen MR) is 74.4 cm³/mol. The average molecular weight is 255 g/mol. The molecular formula is C15H29NO2. The lowest BCUT2D eigenvalue weighted by Crippen LogP contribution is -2.49. The van der Waals surface area contributed by atoms with Gasteiger partial charge in [0.1, 0.15) is 11.6 Å². The van der Waals surface area contributed by atoms with Gasteiger partial charge in [-0.2, -0.15) is 0 Å². The Kier molecular flexibility index (Phi) is 5.20. The van der Waals surface area contributed by atoms with Crippen molar-refractivity contribution in [1.29, 1.82) is 0 Å². The van der Waals surface area contributed by atoms with E-state index in [4.69, 9.17) is 4.74 Å². The zero-order valence-electron chi connectivity index (χ0n) is 12.7. The van der Waals surface area contributed by atoms with Gasteiger partial charge in [-0.15, -0.1) is 0 Å². The van der Waals surface area contributed by atoms with Crippen molar-refractivity contribution in [3.05, 3.63) is 0 Å². The van der Waals surface area contributed by atoms with Crippen molar-refractivity contribution in [3.63, 3.8) is 0 Å². The van der Waals surface area contributed by atoms with Gasteiger partial charge in [0.15, 0.2) is 0 Å². The Hall–Kier alpha value is -0.570. The number of hydrogen-bond donors (Lipinski definition) is 1. The topological polar surface area (TPSA) is 38.3 Å². The number of esters is 1. The summed E-state index contributed by atoms with van der Waals surface area (Å²) in [7, 11) is 0. The van der Waals surface area contributed by atoms with Crippen LogP contribution in [0.15, 0.2) is 0 Å². The van der Waals surface area contributed by atoms with E-state index in [0.717, 1.165) is 5.92 Å². The van der Waals surface area contributed by atoms with Gasteiger partial charge in [0.2, 0.25) is 0 Å². The SMILES string of the molecule is CC(NC1CCCC(C)C1C)C(=O)OC(C)(C)C. The summed E-state index contributed by atoms with van der Waals surface area (Å²) in [5.41, 5.74) is -0.404. The minimum absolute atomic E-state index is 0.145. The van der Waals surface area contributed by atoms with E-state index in [0.29, 0.717) is 12.0 Å². The van der Waals surface area contributed by atoms with Gasteiger partial charge in [-0.05, 0) is 46.0 Å². The molecule has 0 saturated heterocycles. The predicted octanol–water partition coefficient (Wildman–Crippen LogP) is 3.13. The molecule has 1 N–H and O–H groups in total. The lowest BCUT2D eigenvalue weighted by atomic mass is 9.78. The molecule has 4 unspecified atom stereocenters. The smallest absolute Gasteiger partial charge is 0.323 e. The molecule has 0 amide bonds. The fourth-order valence-electron chi connectivity index (χ4n) is 2.60. The average Bonchev–Trinajstić information content (AvgIpc) is 2.22. The molecule has 0 aromatic rings. The van der Waals surface area contributed by atoms with E-state index in [1.165, 1.54) is 19.3 Å². The van der Waals surface area contributed by atoms with Gasteiger partial charge in [-0.3, -0.25) is 4.79 Å². The molecule has 1 aliphatic carbocycles. The van der Waals surface area contributed by atoms with E-state index in [-0.39, 0.29) is 12.0 Å². The molecule has 0 heterocycles. The molecule has 1 fully saturated rings. The van der Waals surface area contributed by atoms with Crippen LogP contribution in [0, 0.1) is 11.8 Å². The van der Waals surface area contributed by atoms with E-state index >= 15 is 0 Å². The minimum atomic E-state index is -0.404. The Morgan fingerprint density at radius 3 is 2.44 bits per heavy atom. The molecule has 3 nitrogen and oxygen atoms in total. The first-order valence-electron chi connectivity index (χ1n) is 7.19. The number of ether oxygens (including phenoxy) is 1. The van der Waals surface area contributed by atoms with Gasteiger partial charge in [-0.25, -0.2) is 0 Å². The number of carbonyl (C=O) groups excluding carboxylic acids is 1. The summed E-state index contributed by atoms with van der Waals surface area (Å²) in [5.74, 6) is 1.22. The van der Waals surface area contributed by atoms with Crippen molar-refractivity contribution < 1.29 is 9.53 Å². The number of hydrogen-bond acceptors (Lipinski definition) is 3. The molecule has 0 spiro atoms. The molecule has 4 atom stereocenters. The Morgan fingerprint density at radius 2 is 1.89 bits per heavy atom. The highest BCUT2D eigenvalue weighted by Gasteiger charge is 2.30. The van der Waals surface area contributed by atoms with Crippen LogP contribution < -0.4 is 5.32 Å². The highest BCUT2D eigenvalue weighted by molar-refractivity contribution is 5.75. The number of carbonyl (C=O) groups is 1. The third-order valence-electron chi connectivity index (χ3n) is 3.93. The molecule has 0 aromatic carbocycles. The zero-order valence-corrected chi connectivity index (χ0v) is 12.7. The highest BCUT2D eigenvalue weighted by Crippen LogP contribution is 2.29. The first-order valence-corrected chi connectivity index (χ1v) is 7.19. The molecule has 106 valence electrons. The first-order chi connectivity index (χ1) is 8.20. The van der Waals surface area contributed by atoms with E-state index in [1.54, 1.807) is 0 Å². The summed E-state index contributed by atoms with van der Waals surface area (Å²) in [6.07, 6.45) is 3.73. The minimum Gasteiger partial charge on any atom is -0.459 e. The normalized spacial score (nSPS) is 30.9. The van der Waals surface area contributed by atoms with Crippen LogP contribution >= 0.6 is 0 Å². The Labute approximate surface area is 112 Å². The van der Waals surface area contributed by atoms with E-state index in [2.05, 4.69) is 19.2 Å². The van der Waals surface area contributed by atoms with Gasteiger partial charge in [0.05, 0.1) is 0 Å². The maximum Gasteiger partial charge on any atom is 0.323 e. The summed E-state index contributed by atoms with van der Waals surface area (Å²) in [6, 6.07) is 0.221. The molecule has 18 heavy (non-hydrogen) atoms. The van der Waals surface area contributed by atoms with Crippen molar-refractivity contribution in [2.24, 2.45) is 11.8 Å². The molecule has 0 aromatic heterocycles. The molecule has 1 aliphatic rings. The lowest BCUT2D eigenvalue weighted by Gasteiger charge is -2.36. The first kappa shape index (κ1) is 15.5. The summed E-state index contributed by atoms with van der Waals surface area (Å²) in [5, 5.41) is 3.45. The van der Waals surface area contributed by atoms with E-state index < -0.39 is 5.60 Å². The zero-order chi connectivity index (χ0) is 13.9. The fraction of sp³-hybridized carbons (Fsp3) is 0.933. The Balaban J connectivity index is 2.48. The molecule has 3 heteroatoms. The van der Waals surface area contributed by atoms with Gasteiger partial charge < -0.3 is 10.1 Å². The molecule has 1 saturated carbocycles. The maximum atomic E-state index is 11.9. The second-order valence-electron chi connectivity index (χ2n) is 6.80. The molecule has 0 aliphatic heterocycles. The van der Waals surface area contributed by atoms with Crippen molar-refractivity contribution in [2.75, 3.05) is 0 Å². The van der Waals surface area contributed by atoms with Crippen LogP contribution in [0.1, 0.15) is 60.8 Å². The quantitative estimate of drug-likeness (QED) is 0.787. The van der Waals surface area contributed by atoms with E-state index in [1.807, 2.05) is 27.7 Å². The third-order valence-corrected chi connectivity index (χ3v) is 3.93. The Bertz CT molecular complexity index is 283. The Morgan fingerprint density at radius 1 is 1.28 bits per heavy atom. The van der Waals surface area contributed by atoms with Gasteiger partial charge in [-0.1, -0.05) is 26.7 Å². The van der Waals surface area contributed by atoms with Crippen LogP contribution in [0.25, 0.3) is 0 Å². The molecular weight excluding hydrogens is 226 g/mol. The van der Waals surface area contributed by atoms with Crippen molar-refractivity contribution in [3.8, 4) is 0 Å². The lowest BCUT2D eigenvalue weighted by molar-refractivity contribution is -0.157. The number of nitrogens with one attached hydrogen (secondary N) is 1. The highest BCUT2D eigenvalue weighted by atomic mass is 16.6. The molecule has 0 radical (unpaired) electrons. The second-order valence-corrected chi connectivity index (χ2v) is 6.80. The van der Waals surface area contributed by atoms with Gasteiger partial charge >= 0.3 is 5.97 Å². The largest absolute Gasteiger partial charge is 0.459 e. The van der Waals surface area contributed by atoms with Crippen LogP contribution in [0.4, 0.5) is 0 Å². The standard InChI is InChI=1S/C15H29NO2/c1-10-8-7-9-13(11(10)2)16-12(3)14(17)18-15(4,5)6/h10-13,16H,7-9H2,1-6H3. The van der Waals surface area contributed by atoms with Gasteiger partial charge in [0.25, 0.3) is 0 Å². The monoisotopic (exact) mass is 255 g/mol. The number of rotatable bonds is 3. The fourth-order valence-corrected chi connectivity index (χ4v) is 2.60. The van der Waals surface area contributed by atoms with Crippen molar-refractivity contribution in [1.82, 2.24) is 5.32 Å². The molecule has 1 rings (SSSR count). The summed E-state index contributed by atoms with van der Waals surface area (Å²) >= 11 is 0. The van der Waals surface area contributed by atoms with E-state index in [9.17, 15) is 4.79 Å². The molecule has 0 bridgehead atoms. The van der Waals surface area contributed by atoms with Crippen molar-refractivity contribution >= 4 is 5.97 Å². The summed E-state index contributed by atoms with van der Waals surface area (Å²) in [4.78, 5) is 11.9. The van der Waals surface area contributed by atoms with Crippen LogP contribution in [0.3, 0.4) is 0 Å². The van der Waals surface area contributed by atoms with Crippen LogP contribution in [0.5, 0.6) is 0 Å².